The van der Waals surface area contributed by atoms with Gasteiger partial charge in [-0.05, 0) is 12.3 Å². The van der Waals surface area contributed by atoms with E-state index in [4.69, 9.17) is 5.73 Å². The fourth-order valence-corrected chi connectivity index (χ4v) is 2.22. The third kappa shape index (κ3) is 2.09. The summed E-state index contributed by atoms with van der Waals surface area (Å²) in [6, 6.07) is 0.235. The summed E-state index contributed by atoms with van der Waals surface area (Å²) < 4.78 is 0. The van der Waals surface area contributed by atoms with Crippen LogP contribution >= 0.6 is 0 Å². The number of hydrogen-bond acceptors (Lipinski definition) is 3. The van der Waals surface area contributed by atoms with E-state index in [1.54, 1.807) is 12.4 Å². The Morgan fingerprint density at radius 3 is 3.19 bits per heavy atom. The van der Waals surface area contributed by atoms with Gasteiger partial charge in [-0.3, -0.25) is 9.89 Å². The van der Waals surface area contributed by atoms with E-state index >= 15 is 0 Å². The molecule has 3 N–H and O–H groups in total. The first-order valence-electron chi connectivity index (χ1n) is 5.76. The standard InChI is InChI=1S/C11H18N4O/c1-2-8-7-15(4-3-10(8)12)11(16)9-5-13-14-6-9/h5-6,8,10H,2-4,7,12H2,1H3,(H,13,14). The average molecular weight is 222 g/mol. The van der Waals surface area contributed by atoms with Crippen LogP contribution in [-0.4, -0.2) is 40.1 Å². The van der Waals surface area contributed by atoms with Gasteiger partial charge in [0.2, 0.25) is 0 Å². The van der Waals surface area contributed by atoms with Crippen LogP contribution in [0.15, 0.2) is 12.4 Å². The first-order valence-corrected chi connectivity index (χ1v) is 5.76. The molecule has 1 aliphatic heterocycles. The lowest BCUT2D eigenvalue weighted by Crippen LogP contribution is -2.48. The van der Waals surface area contributed by atoms with Crippen molar-refractivity contribution in [1.29, 1.82) is 0 Å². The lowest BCUT2D eigenvalue weighted by molar-refractivity contribution is 0.0649. The van der Waals surface area contributed by atoms with Crippen molar-refractivity contribution in [1.82, 2.24) is 15.1 Å². The maximum absolute atomic E-state index is 12.1. The summed E-state index contributed by atoms with van der Waals surface area (Å²) in [7, 11) is 0. The molecule has 0 aromatic carbocycles. The number of aromatic nitrogens is 2. The SMILES string of the molecule is CCC1CN(C(=O)c2cn[nH]c2)CCC1N. The van der Waals surface area contributed by atoms with Gasteiger partial charge in [-0.15, -0.1) is 0 Å². The molecule has 0 spiro atoms. The van der Waals surface area contributed by atoms with Gasteiger partial charge in [0, 0.05) is 25.3 Å². The van der Waals surface area contributed by atoms with Crippen LogP contribution in [0, 0.1) is 5.92 Å². The predicted octanol–water partition coefficient (Wildman–Crippen LogP) is 0.609. The molecule has 5 heteroatoms. The van der Waals surface area contributed by atoms with E-state index < -0.39 is 0 Å². The number of carbonyl (C=O) groups excluding carboxylic acids is 1. The molecule has 0 bridgehead atoms. The van der Waals surface area contributed by atoms with Gasteiger partial charge >= 0.3 is 0 Å². The maximum Gasteiger partial charge on any atom is 0.257 e. The third-order valence-corrected chi connectivity index (χ3v) is 3.35. The average Bonchev–Trinajstić information content (AvgIpc) is 2.82. The highest BCUT2D eigenvalue weighted by Crippen LogP contribution is 2.19. The molecule has 1 aliphatic rings. The van der Waals surface area contributed by atoms with Crippen LogP contribution in [0.5, 0.6) is 0 Å². The quantitative estimate of drug-likeness (QED) is 0.769. The normalized spacial score (nSPS) is 25.8. The molecule has 88 valence electrons. The molecule has 1 fully saturated rings. The number of nitrogens with one attached hydrogen (secondary N) is 1. The van der Waals surface area contributed by atoms with Crippen LogP contribution in [0.25, 0.3) is 0 Å². The zero-order chi connectivity index (χ0) is 11.5. The predicted molar refractivity (Wildman–Crippen MR) is 60.9 cm³/mol. The minimum atomic E-state index is 0.0547. The number of amides is 1. The van der Waals surface area contributed by atoms with E-state index in [0.717, 1.165) is 25.9 Å². The summed E-state index contributed by atoms with van der Waals surface area (Å²) in [5.74, 6) is 0.476. The Kier molecular flexibility index (Phi) is 3.24. The Balaban J connectivity index is 2.03. The van der Waals surface area contributed by atoms with Gasteiger partial charge in [0.05, 0.1) is 11.8 Å². The molecule has 2 atom stereocenters. The van der Waals surface area contributed by atoms with Crippen molar-refractivity contribution in [3.63, 3.8) is 0 Å². The van der Waals surface area contributed by atoms with E-state index in [1.807, 2.05) is 4.90 Å². The zero-order valence-electron chi connectivity index (χ0n) is 9.52. The Hall–Kier alpha value is -1.36. The third-order valence-electron chi connectivity index (χ3n) is 3.35. The monoisotopic (exact) mass is 222 g/mol. The van der Waals surface area contributed by atoms with Crippen LogP contribution in [-0.2, 0) is 0 Å². The first-order chi connectivity index (χ1) is 7.72. The summed E-state index contributed by atoms with van der Waals surface area (Å²) in [5.41, 5.74) is 6.64. The second-order valence-corrected chi connectivity index (χ2v) is 4.36. The van der Waals surface area contributed by atoms with Crippen LogP contribution in [0.3, 0.4) is 0 Å². The molecule has 1 amide bonds. The Morgan fingerprint density at radius 1 is 1.75 bits per heavy atom. The lowest BCUT2D eigenvalue weighted by atomic mass is 9.90. The number of hydrogen-bond donors (Lipinski definition) is 2. The van der Waals surface area contributed by atoms with E-state index in [1.165, 1.54) is 0 Å². The second kappa shape index (κ2) is 4.65. The Bertz CT molecular complexity index is 349. The van der Waals surface area contributed by atoms with Gasteiger partial charge in [-0.25, -0.2) is 0 Å². The molecule has 1 aromatic heterocycles. The molecular weight excluding hydrogens is 204 g/mol. The van der Waals surface area contributed by atoms with Gasteiger partial charge < -0.3 is 10.6 Å². The van der Waals surface area contributed by atoms with Gasteiger partial charge in [0.15, 0.2) is 0 Å². The maximum atomic E-state index is 12.1. The highest BCUT2D eigenvalue weighted by Gasteiger charge is 2.28. The molecule has 0 saturated carbocycles. The molecule has 5 nitrogen and oxygen atoms in total. The summed E-state index contributed by atoms with van der Waals surface area (Å²) in [6.45, 7) is 3.64. The van der Waals surface area contributed by atoms with Crippen LogP contribution in [0.2, 0.25) is 0 Å². The van der Waals surface area contributed by atoms with Crippen LogP contribution in [0.1, 0.15) is 30.1 Å². The van der Waals surface area contributed by atoms with Gasteiger partial charge in [0.25, 0.3) is 5.91 Å². The van der Waals surface area contributed by atoms with E-state index in [0.29, 0.717) is 11.5 Å². The minimum absolute atomic E-state index is 0.0547. The fourth-order valence-electron chi connectivity index (χ4n) is 2.22. The molecule has 16 heavy (non-hydrogen) atoms. The molecule has 1 aromatic rings. The van der Waals surface area contributed by atoms with Gasteiger partial charge in [-0.1, -0.05) is 13.3 Å². The van der Waals surface area contributed by atoms with E-state index in [2.05, 4.69) is 17.1 Å². The number of nitrogens with two attached hydrogens (primary N) is 1. The summed E-state index contributed by atoms with van der Waals surface area (Å²) in [6.07, 6.45) is 5.12. The zero-order valence-corrected chi connectivity index (χ0v) is 9.52. The van der Waals surface area contributed by atoms with Crippen molar-refractivity contribution >= 4 is 5.91 Å². The van der Waals surface area contributed by atoms with Crippen molar-refractivity contribution < 1.29 is 4.79 Å². The number of H-pyrrole nitrogens is 1. The summed E-state index contributed by atoms with van der Waals surface area (Å²) >= 11 is 0. The Morgan fingerprint density at radius 2 is 2.56 bits per heavy atom. The molecule has 2 rings (SSSR count). The van der Waals surface area contributed by atoms with E-state index in [9.17, 15) is 4.79 Å². The molecular formula is C11H18N4O. The number of carbonyl (C=O) groups is 1. The van der Waals surface area contributed by atoms with Crippen molar-refractivity contribution in [2.45, 2.75) is 25.8 Å². The highest BCUT2D eigenvalue weighted by molar-refractivity contribution is 5.93. The van der Waals surface area contributed by atoms with Gasteiger partial charge in [0.1, 0.15) is 0 Å². The van der Waals surface area contributed by atoms with Crippen molar-refractivity contribution in [2.75, 3.05) is 13.1 Å². The van der Waals surface area contributed by atoms with Crippen LogP contribution < -0.4 is 5.73 Å². The van der Waals surface area contributed by atoms with Gasteiger partial charge in [-0.2, -0.15) is 5.10 Å². The Labute approximate surface area is 95.0 Å². The number of aromatic amines is 1. The number of piperidine rings is 1. The smallest absolute Gasteiger partial charge is 0.257 e. The van der Waals surface area contributed by atoms with Crippen molar-refractivity contribution in [3.8, 4) is 0 Å². The first kappa shape index (κ1) is 11.1. The van der Waals surface area contributed by atoms with Crippen molar-refractivity contribution in [3.05, 3.63) is 18.0 Å². The fraction of sp³-hybridized carbons (Fsp3) is 0.636. The molecule has 2 heterocycles. The minimum Gasteiger partial charge on any atom is -0.338 e. The second-order valence-electron chi connectivity index (χ2n) is 4.36. The number of rotatable bonds is 2. The lowest BCUT2D eigenvalue weighted by Gasteiger charge is -2.36. The number of likely N-dealkylation sites (tertiary alicyclic amines) is 1. The highest BCUT2D eigenvalue weighted by atomic mass is 16.2. The van der Waals surface area contributed by atoms with Crippen LogP contribution in [0.4, 0.5) is 0 Å². The topological polar surface area (TPSA) is 75.0 Å². The largest absolute Gasteiger partial charge is 0.338 e. The van der Waals surface area contributed by atoms with E-state index in [-0.39, 0.29) is 11.9 Å². The summed E-state index contributed by atoms with van der Waals surface area (Å²) in [5, 5.41) is 6.46. The number of nitrogens with zero attached hydrogens (tertiary/aromatic N) is 2. The summed E-state index contributed by atoms with van der Waals surface area (Å²) in [4.78, 5) is 13.9. The van der Waals surface area contributed by atoms with Crippen molar-refractivity contribution in [2.24, 2.45) is 11.7 Å². The molecule has 2 unspecified atom stereocenters. The molecule has 1 saturated heterocycles. The molecule has 0 aliphatic carbocycles. The molecule has 0 radical (unpaired) electrons.